The van der Waals surface area contributed by atoms with Gasteiger partial charge in [-0.2, -0.15) is 0 Å². The Kier molecular flexibility index (Phi) is 2.36. The molecule has 0 aromatic carbocycles. The van der Waals surface area contributed by atoms with Gasteiger partial charge >= 0.3 is 0 Å². The lowest BCUT2D eigenvalue weighted by atomic mass is 9.52. The SMILES string of the molecule is BC1(C(C)(C)CC)CCCC1. The molecule has 0 aromatic rings. The normalized spacial score (nSPS) is 23.9. The second-order valence-electron chi connectivity index (χ2n) is 5.01. The Morgan fingerprint density at radius 1 is 1.27 bits per heavy atom. The second-order valence-corrected chi connectivity index (χ2v) is 5.01. The predicted octanol–water partition coefficient (Wildman–Crippen LogP) is 2.79. The van der Waals surface area contributed by atoms with Crippen LogP contribution in [0.15, 0.2) is 0 Å². The zero-order valence-corrected chi connectivity index (χ0v) is 8.54. The van der Waals surface area contributed by atoms with Gasteiger partial charge in [-0.1, -0.05) is 58.2 Å². The molecule has 0 spiro atoms. The summed E-state index contributed by atoms with van der Waals surface area (Å²) in [5.41, 5.74) is 0.559. The fraction of sp³-hybridized carbons (Fsp3) is 1.00. The van der Waals surface area contributed by atoms with E-state index in [-0.39, 0.29) is 0 Å². The number of rotatable bonds is 2. The molecule has 0 saturated heterocycles. The van der Waals surface area contributed by atoms with E-state index in [1.54, 1.807) is 0 Å². The predicted molar refractivity (Wildman–Crippen MR) is 53.8 cm³/mol. The molecule has 0 aromatic heterocycles. The Hall–Kier alpha value is 0.0649. The molecular weight excluding hydrogens is 131 g/mol. The molecule has 1 fully saturated rings. The quantitative estimate of drug-likeness (QED) is 0.533. The van der Waals surface area contributed by atoms with E-state index in [1.807, 2.05) is 0 Å². The lowest BCUT2D eigenvalue weighted by Crippen LogP contribution is -2.28. The molecule has 0 amide bonds. The van der Waals surface area contributed by atoms with Gasteiger partial charge in [-0.3, -0.25) is 0 Å². The Bertz CT molecular complexity index is 132. The topological polar surface area (TPSA) is 0 Å². The maximum atomic E-state index is 2.48. The van der Waals surface area contributed by atoms with Gasteiger partial charge in [-0.15, -0.1) is 0 Å². The van der Waals surface area contributed by atoms with E-state index < -0.39 is 0 Å². The number of hydrogen-bond donors (Lipinski definition) is 0. The van der Waals surface area contributed by atoms with E-state index in [0.717, 1.165) is 0 Å². The van der Waals surface area contributed by atoms with Gasteiger partial charge < -0.3 is 0 Å². The fourth-order valence-corrected chi connectivity index (χ4v) is 2.26. The van der Waals surface area contributed by atoms with Crippen molar-refractivity contribution in [2.24, 2.45) is 5.41 Å². The largest absolute Gasteiger partial charge is 0.110 e. The highest BCUT2D eigenvalue weighted by atomic mass is 14.4. The lowest BCUT2D eigenvalue weighted by Gasteiger charge is -2.41. The minimum absolute atomic E-state index is 0.559. The van der Waals surface area contributed by atoms with Gasteiger partial charge in [0.05, 0.1) is 0 Å². The van der Waals surface area contributed by atoms with Gasteiger partial charge in [0, 0.05) is 0 Å². The highest BCUT2D eigenvalue weighted by molar-refractivity contribution is 6.16. The molecule has 0 radical (unpaired) electrons. The lowest BCUT2D eigenvalue weighted by molar-refractivity contribution is 0.227. The van der Waals surface area contributed by atoms with E-state index >= 15 is 0 Å². The Morgan fingerprint density at radius 3 is 2.09 bits per heavy atom. The first-order valence-corrected chi connectivity index (χ1v) is 5.02. The van der Waals surface area contributed by atoms with Crippen LogP contribution >= 0.6 is 0 Å². The molecule has 64 valence electrons. The molecule has 1 aliphatic carbocycles. The summed E-state index contributed by atoms with van der Waals surface area (Å²) < 4.78 is 0. The summed E-state index contributed by atoms with van der Waals surface area (Å²) in [7, 11) is 2.48. The maximum Gasteiger partial charge on any atom is 0.110 e. The van der Waals surface area contributed by atoms with E-state index in [0.29, 0.717) is 10.7 Å². The van der Waals surface area contributed by atoms with Crippen molar-refractivity contribution in [3.05, 3.63) is 0 Å². The van der Waals surface area contributed by atoms with Crippen LogP contribution < -0.4 is 0 Å². The molecule has 1 aliphatic rings. The first-order valence-electron chi connectivity index (χ1n) is 5.02. The first-order chi connectivity index (χ1) is 5.02. The van der Waals surface area contributed by atoms with Gasteiger partial charge in [-0.05, 0) is 5.41 Å². The van der Waals surface area contributed by atoms with E-state index in [1.165, 1.54) is 32.1 Å². The summed E-state index contributed by atoms with van der Waals surface area (Å²) in [5.74, 6) is 0. The Balaban J connectivity index is 2.69. The molecule has 0 aliphatic heterocycles. The van der Waals surface area contributed by atoms with Crippen molar-refractivity contribution in [2.45, 2.75) is 58.2 Å². The van der Waals surface area contributed by atoms with Crippen LogP contribution in [0.4, 0.5) is 0 Å². The van der Waals surface area contributed by atoms with Crippen LogP contribution in [0.2, 0.25) is 5.31 Å². The molecule has 11 heavy (non-hydrogen) atoms. The highest BCUT2D eigenvalue weighted by Gasteiger charge is 2.40. The van der Waals surface area contributed by atoms with Gasteiger partial charge in [0.25, 0.3) is 0 Å². The van der Waals surface area contributed by atoms with Crippen LogP contribution in [0.1, 0.15) is 52.9 Å². The molecule has 0 heterocycles. The molecule has 1 saturated carbocycles. The van der Waals surface area contributed by atoms with Gasteiger partial charge in [0.2, 0.25) is 0 Å². The molecule has 0 unspecified atom stereocenters. The summed E-state index contributed by atoms with van der Waals surface area (Å²) in [6.07, 6.45) is 7.14. The van der Waals surface area contributed by atoms with Gasteiger partial charge in [0.15, 0.2) is 0 Å². The van der Waals surface area contributed by atoms with Gasteiger partial charge in [0.1, 0.15) is 7.85 Å². The van der Waals surface area contributed by atoms with Crippen molar-refractivity contribution in [2.75, 3.05) is 0 Å². The van der Waals surface area contributed by atoms with E-state index in [9.17, 15) is 0 Å². The average molecular weight is 152 g/mol. The van der Waals surface area contributed by atoms with Crippen molar-refractivity contribution in [3.63, 3.8) is 0 Å². The van der Waals surface area contributed by atoms with Crippen molar-refractivity contribution < 1.29 is 0 Å². The van der Waals surface area contributed by atoms with Gasteiger partial charge in [-0.25, -0.2) is 0 Å². The van der Waals surface area contributed by atoms with Crippen molar-refractivity contribution >= 4 is 7.85 Å². The summed E-state index contributed by atoms with van der Waals surface area (Å²) in [4.78, 5) is 0. The Labute approximate surface area is 72.2 Å². The molecule has 0 nitrogen and oxygen atoms in total. The molecule has 0 bridgehead atoms. The molecule has 1 rings (SSSR count). The van der Waals surface area contributed by atoms with Crippen LogP contribution in [0.3, 0.4) is 0 Å². The standard InChI is InChI=1S/C10H21B/c1-4-9(2,3)10(11)7-5-6-8-10/h4-8,11H2,1-3H3. The monoisotopic (exact) mass is 152 g/mol. The Morgan fingerprint density at radius 2 is 1.73 bits per heavy atom. The maximum absolute atomic E-state index is 2.48. The third-order valence-corrected chi connectivity index (χ3v) is 4.22. The summed E-state index contributed by atoms with van der Waals surface area (Å²) in [5, 5.41) is 0.641. The molecule has 0 atom stereocenters. The summed E-state index contributed by atoms with van der Waals surface area (Å²) in [6.45, 7) is 7.18. The van der Waals surface area contributed by atoms with E-state index in [4.69, 9.17) is 0 Å². The first kappa shape index (κ1) is 9.16. The van der Waals surface area contributed by atoms with Crippen LogP contribution in [-0.2, 0) is 0 Å². The van der Waals surface area contributed by atoms with Crippen LogP contribution in [0.25, 0.3) is 0 Å². The van der Waals surface area contributed by atoms with Crippen LogP contribution in [-0.4, -0.2) is 7.85 Å². The smallest absolute Gasteiger partial charge is 0.0649 e. The van der Waals surface area contributed by atoms with Crippen molar-refractivity contribution in [3.8, 4) is 0 Å². The van der Waals surface area contributed by atoms with E-state index in [2.05, 4.69) is 28.6 Å². The second kappa shape index (κ2) is 2.84. The fourth-order valence-electron chi connectivity index (χ4n) is 2.26. The molecule has 0 N–H and O–H groups in total. The zero-order chi connectivity index (χ0) is 8.54. The van der Waals surface area contributed by atoms with Crippen molar-refractivity contribution in [1.29, 1.82) is 0 Å². The highest BCUT2D eigenvalue weighted by Crippen LogP contribution is 2.56. The summed E-state index contributed by atoms with van der Waals surface area (Å²) >= 11 is 0. The molecule has 1 heteroatoms. The molecular formula is C10H21B. The average Bonchev–Trinajstić information content (AvgIpc) is 2.38. The third-order valence-electron chi connectivity index (χ3n) is 4.22. The van der Waals surface area contributed by atoms with Crippen molar-refractivity contribution in [1.82, 2.24) is 0 Å². The zero-order valence-electron chi connectivity index (χ0n) is 8.54. The minimum Gasteiger partial charge on any atom is -0.0649 e. The van der Waals surface area contributed by atoms with Crippen LogP contribution in [0, 0.1) is 5.41 Å². The summed E-state index contributed by atoms with van der Waals surface area (Å²) in [6, 6.07) is 0. The third kappa shape index (κ3) is 1.48. The van der Waals surface area contributed by atoms with Crippen LogP contribution in [0.5, 0.6) is 0 Å². The number of hydrogen-bond acceptors (Lipinski definition) is 0. The minimum atomic E-state index is 0.559.